The maximum absolute atomic E-state index is 11.3. The lowest BCUT2D eigenvalue weighted by Crippen LogP contribution is -2.17. The van der Waals surface area contributed by atoms with E-state index in [0.717, 1.165) is 10.0 Å². The Kier molecular flexibility index (Phi) is 7.79. The van der Waals surface area contributed by atoms with Crippen molar-refractivity contribution in [1.82, 2.24) is 0 Å². The third kappa shape index (κ3) is 5.25. The minimum atomic E-state index is -0.384. The van der Waals surface area contributed by atoms with Crippen molar-refractivity contribution in [3.8, 4) is 0 Å². The average molecular weight is 343 g/mol. The number of rotatable bonds is 4. The van der Waals surface area contributed by atoms with Crippen LogP contribution < -0.4 is 5.73 Å². The summed E-state index contributed by atoms with van der Waals surface area (Å²) in [7, 11) is 0. The van der Waals surface area contributed by atoms with E-state index in [1.165, 1.54) is 0 Å². The number of hydrogen-bond acceptors (Lipinski definition) is 3. The van der Waals surface area contributed by atoms with Crippen LogP contribution in [0.1, 0.15) is 24.9 Å². The standard InChI is InChI=1S/C11H13BrClNO2.ClH/c1-2-16-11(15)6-10(14)8-4-3-7(13)5-9(8)12;/h3-5,10H,2,6,14H2,1H3;1H/t10-;/m0./s1. The Bertz CT molecular complexity index is 388. The van der Waals surface area contributed by atoms with E-state index in [1.54, 1.807) is 25.1 Å². The van der Waals surface area contributed by atoms with Crippen LogP contribution in [0.2, 0.25) is 5.02 Å². The van der Waals surface area contributed by atoms with E-state index in [9.17, 15) is 4.79 Å². The van der Waals surface area contributed by atoms with Crippen LogP contribution in [0.15, 0.2) is 22.7 Å². The van der Waals surface area contributed by atoms with Crippen molar-refractivity contribution in [2.75, 3.05) is 6.61 Å². The predicted molar refractivity (Wildman–Crippen MR) is 74.6 cm³/mol. The molecule has 0 aliphatic rings. The van der Waals surface area contributed by atoms with Crippen LogP contribution in [-0.4, -0.2) is 12.6 Å². The summed E-state index contributed by atoms with van der Waals surface area (Å²) in [4.78, 5) is 11.3. The van der Waals surface area contributed by atoms with Gasteiger partial charge in [-0.25, -0.2) is 0 Å². The number of nitrogens with two attached hydrogens (primary N) is 1. The maximum atomic E-state index is 11.3. The smallest absolute Gasteiger partial charge is 0.307 e. The molecule has 2 N–H and O–H groups in total. The van der Waals surface area contributed by atoms with Crippen LogP contribution in [0.25, 0.3) is 0 Å². The minimum Gasteiger partial charge on any atom is -0.466 e. The third-order valence-electron chi connectivity index (χ3n) is 2.05. The van der Waals surface area contributed by atoms with Crippen LogP contribution in [0.4, 0.5) is 0 Å². The molecule has 0 aliphatic heterocycles. The molecule has 0 aliphatic carbocycles. The van der Waals surface area contributed by atoms with Gasteiger partial charge in [0, 0.05) is 15.5 Å². The zero-order valence-electron chi connectivity index (χ0n) is 9.28. The maximum Gasteiger partial charge on any atom is 0.307 e. The molecule has 1 aromatic carbocycles. The highest BCUT2D eigenvalue weighted by molar-refractivity contribution is 9.10. The summed E-state index contributed by atoms with van der Waals surface area (Å²) in [6.45, 7) is 2.13. The molecule has 0 fully saturated rings. The fourth-order valence-electron chi connectivity index (χ4n) is 1.31. The van der Waals surface area contributed by atoms with Crippen molar-refractivity contribution in [3.05, 3.63) is 33.3 Å². The van der Waals surface area contributed by atoms with E-state index in [1.807, 2.05) is 0 Å². The Balaban J connectivity index is 0.00000256. The lowest BCUT2D eigenvalue weighted by Gasteiger charge is -2.13. The Morgan fingerprint density at radius 1 is 1.59 bits per heavy atom. The van der Waals surface area contributed by atoms with Crippen LogP contribution in [0.5, 0.6) is 0 Å². The van der Waals surface area contributed by atoms with Crippen molar-refractivity contribution < 1.29 is 9.53 Å². The van der Waals surface area contributed by atoms with E-state index in [4.69, 9.17) is 22.1 Å². The van der Waals surface area contributed by atoms with Gasteiger partial charge < -0.3 is 10.5 Å². The zero-order valence-corrected chi connectivity index (χ0v) is 12.4. The Labute approximate surface area is 120 Å². The van der Waals surface area contributed by atoms with Crippen molar-refractivity contribution >= 4 is 45.9 Å². The SMILES string of the molecule is CCOC(=O)C[C@H](N)c1ccc(Cl)cc1Br.Cl. The normalized spacial score (nSPS) is 11.5. The van der Waals surface area contributed by atoms with Gasteiger partial charge in [0.25, 0.3) is 0 Å². The van der Waals surface area contributed by atoms with Crippen LogP contribution in [0.3, 0.4) is 0 Å². The van der Waals surface area contributed by atoms with Gasteiger partial charge in [-0.1, -0.05) is 33.6 Å². The average Bonchev–Trinajstić information content (AvgIpc) is 2.17. The summed E-state index contributed by atoms with van der Waals surface area (Å²) in [6, 6.07) is 4.91. The Morgan fingerprint density at radius 3 is 2.76 bits per heavy atom. The summed E-state index contributed by atoms with van der Waals surface area (Å²) < 4.78 is 5.64. The molecule has 0 aromatic heterocycles. The number of hydrogen-bond donors (Lipinski definition) is 1. The number of carbonyl (C=O) groups excluding carboxylic acids is 1. The molecule has 0 radical (unpaired) electrons. The molecule has 1 atom stereocenters. The molecule has 0 bridgehead atoms. The molecule has 96 valence electrons. The molecule has 17 heavy (non-hydrogen) atoms. The summed E-state index contributed by atoms with van der Waals surface area (Å²) in [6.07, 6.45) is 0.161. The molecular formula is C11H14BrCl2NO2. The molecular weight excluding hydrogens is 329 g/mol. The number of benzene rings is 1. The second-order valence-corrected chi connectivity index (χ2v) is 4.57. The summed E-state index contributed by atoms with van der Waals surface area (Å²) >= 11 is 9.17. The van der Waals surface area contributed by atoms with Gasteiger partial charge in [-0.3, -0.25) is 4.79 Å². The molecule has 0 unspecified atom stereocenters. The molecule has 0 spiro atoms. The molecule has 0 saturated carbocycles. The van der Waals surface area contributed by atoms with E-state index in [-0.39, 0.29) is 30.8 Å². The van der Waals surface area contributed by atoms with Gasteiger partial charge in [-0.15, -0.1) is 12.4 Å². The Hall–Kier alpha value is -0.290. The molecule has 1 aromatic rings. The molecule has 0 heterocycles. The summed E-state index contributed by atoms with van der Waals surface area (Å²) in [5, 5.41) is 0.624. The van der Waals surface area contributed by atoms with E-state index >= 15 is 0 Å². The molecule has 0 amide bonds. The highest BCUT2D eigenvalue weighted by atomic mass is 79.9. The monoisotopic (exact) mass is 341 g/mol. The molecule has 3 nitrogen and oxygen atoms in total. The van der Waals surface area contributed by atoms with Gasteiger partial charge in [0.2, 0.25) is 0 Å². The van der Waals surface area contributed by atoms with Crippen molar-refractivity contribution in [2.45, 2.75) is 19.4 Å². The largest absolute Gasteiger partial charge is 0.466 e. The number of carbonyl (C=O) groups is 1. The van der Waals surface area contributed by atoms with Gasteiger partial charge >= 0.3 is 5.97 Å². The highest BCUT2D eigenvalue weighted by Crippen LogP contribution is 2.27. The van der Waals surface area contributed by atoms with Crippen molar-refractivity contribution in [3.63, 3.8) is 0 Å². The fourth-order valence-corrected chi connectivity index (χ4v) is 2.29. The minimum absolute atomic E-state index is 0. The highest BCUT2D eigenvalue weighted by Gasteiger charge is 2.15. The second-order valence-electron chi connectivity index (χ2n) is 3.28. The lowest BCUT2D eigenvalue weighted by atomic mass is 10.1. The van der Waals surface area contributed by atoms with Gasteiger partial charge in [-0.2, -0.15) is 0 Å². The first-order valence-electron chi connectivity index (χ1n) is 4.90. The lowest BCUT2D eigenvalue weighted by molar-refractivity contribution is -0.143. The van der Waals surface area contributed by atoms with Crippen LogP contribution >= 0.6 is 39.9 Å². The summed E-state index contributed by atoms with van der Waals surface area (Å²) in [5.74, 6) is -0.295. The van der Waals surface area contributed by atoms with Gasteiger partial charge in [0.1, 0.15) is 0 Å². The van der Waals surface area contributed by atoms with Crippen LogP contribution in [-0.2, 0) is 9.53 Å². The van der Waals surface area contributed by atoms with E-state index in [2.05, 4.69) is 15.9 Å². The second kappa shape index (κ2) is 7.93. The van der Waals surface area contributed by atoms with Crippen molar-refractivity contribution in [2.24, 2.45) is 5.73 Å². The predicted octanol–water partition coefficient (Wildman–Crippen LogP) is 3.48. The fraction of sp³-hybridized carbons (Fsp3) is 0.364. The number of esters is 1. The molecule has 0 saturated heterocycles. The number of halogens is 3. The van der Waals surface area contributed by atoms with Crippen molar-refractivity contribution in [1.29, 1.82) is 0 Å². The molecule has 6 heteroatoms. The summed E-state index contributed by atoms with van der Waals surface area (Å²) in [5.41, 5.74) is 6.75. The zero-order chi connectivity index (χ0) is 12.1. The molecule has 1 rings (SSSR count). The first kappa shape index (κ1) is 16.7. The van der Waals surface area contributed by atoms with E-state index < -0.39 is 0 Å². The van der Waals surface area contributed by atoms with E-state index in [0.29, 0.717) is 11.6 Å². The van der Waals surface area contributed by atoms with Gasteiger partial charge in [0.15, 0.2) is 0 Å². The Morgan fingerprint density at radius 2 is 2.24 bits per heavy atom. The van der Waals surface area contributed by atoms with Gasteiger partial charge in [0.05, 0.1) is 13.0 Å². The van der Waals surface area contributed by atoms with Gasteiger partial charge in [-0.05, 0) is 24.6 Å². The topological polar surface area (TPSA) is 52.3 Å². The van der Waals surface area contributed by atoms with Crippen LogP contribution in [0, 0.1) is 0 Å². The quantitative estimate of drug-likeness (QED) is 0.852. The third-order valence-corrected chi connectivity index (χ3v) is 2.98. The first-order chi connectivity index (χ1) is 7.54. The number of ether oxygens (including phenoxy) is 1. The first-order valence-corrected chi connectivity index (χ1v) is 6.07.